The molecule has 5 N–H and O–H groups in total. The summed E-state index contributed by atoms with van der Waals surface area (Å²) >= 11 is 0. The number of hydrogen-bond acceptors (Lipinski definition) is 4. The maximum Gasteiger partial charge on any atom is 0.254 e. The monoisotopic (exact) mass is 363 g/mol. The SMILES string of the molecule is CCOC(C(=O)NCc1ccc(C(=N)N)cc1)c1c(F)ccc(O)c1F. The summed E-state index contributed by atoms with van der Waals surface area (Å²) in [7, 11) is 0. The molecule has 138 valence electrons. The summed E-state index contributed by atoms with van der Waals surface area (Å²) < 4.78 is 33.3. The van der Waals surface area contributed by atoms with E-state index in [1.807, 2.05) is 0 Å². The van der Waals surface area contributed by atoms with Gasteiger partial charge in [0.05, 0.1) is 5.56 Å². The lowest BCUT2D eigenvalue weighted by Gasteiger charge is -2.19. The number of benzene rings is 2. The molecule has 1 atom stereocenters. The van der Waals surface area contributed by atoms with Gasteiger partial charge >= 0.3 is 0 Å². The van der Waals surface area contributed by atoms with Crippen LogP contribution in [-0.2, 0) is 16.1 Å². The molecule has 6 nitrogen and oxygen atoms in total. The van der Waals surface area contributed by atoms with Crippen LogP contribution in [0.4, 0.5) is 8.78 Å². The Labute approximate surface area is 149 Å². The molecule has 0 spiro atoms. The molecule has 26 heavy (non-hydrogen) atoms. The summed E-state index contributed by atoms with van der Waals surface area (Å²) in [6, 6.07) is 8.32. The first-order valence-corrected chi connectivity index (χ1v) is 7.84. The molecule has 2 aromatic carbocycles. The van der Waals surface area contributed by atoms with Crippen LogP contribution in [-0.4, -0.2) is 23.5 Å². The lowest BCUT2D eigenvalue weighted by atomic mass is 10.1. The Bertz CT molecular complexity index is 810. The minimum atomic E-state index is -1.54. The highest BCUT2D eigenvalue weighted by molar-refractivity contribution is 5.94. The number of carbonyl (C=O) groups is 1. The molecule has 0 aliphatic rings. The van der Waals surface area contributed by atoms with Crippen molar-refractivity contribution in [3.8, 4) is 5.75 Å². The fraction of sp³-hybridized carbons (Fsp3) is 0.222. The van der Waals surface area contributed by atoms with Gasteiger partial charge in [0.25, 0.3) is 5.91 Å². The second-order valence-corrected chi connectivity index (χ2v) is 5.46. The van der Waals surface area contributed by atoms with Crippen molar-refractivity contribution in [2.45, 2.75) is 19.6 Å². The Kier molecular flexibility index (Phi) is 6.24. The number of hydrogen-bond donors (Lipinski definition) is 4. The van der Waals surface area contributed by atoms with Crippen molar-refractivity contribution >= 4 is 11.7 Å². The van der Waals surface area contributed by atoms with Gasteiger partial charge in [0.2, 0.25) is 0 Å². The average Bonchev–Trinajstić information content (AvgIpc) is 2.62. The van der Waals surface area contributed by atoms with Gasteiger partial charge in [-0.1, -0.05) is 24.3 Å². The lowest BCUT2D eigenvalue weighted by molar-refractivity contribution is -0.133. The Hall–Kier alpha value is -3.00. The van der Waals surface area contributed by atoms with Gasteiger partial charge in [0, 0.05) is 18.7 Å². The molecule has 2 rings (SSSR count). The minimum Gasteiger partial charge on any atom is -0.505 e. The van der Waals surface area contributed by atoms with E-state index in [0.717, 1.165) is 12.1 Å². The van der Waals surface area contributed by atoms with E-state index in [2.05, 4.69) is 5.32 Å². The van der Waals surface area contributed by atoms with E-state index >= 15 is 0 Å². The molecule has 0 saturated heterocycles. The molecule has 0 heterocycles. The number of amides is 1. The van der Waals surface area contributed by atoms with Gasteiger partial charge < -0.3 is 20.9 Å². The van der Waals surface area contributed by atoms with E-state index in [9.17, 15) is 18.7 Å². The highest BCUT2D eigenvalue weighted by Gasteiger charge is 2.29. The fourth-order valence-corrected chi connectivity index (χ4v) is 2.34. The number of aromatic hydroxyl groups is 1. The topological polar surface area (TPSA) is 108 Å². The molecule has 0 saturated carbocycles. The number of amidine groups is 1. The summed E-state index contributed by atoms with van der Waals surface area (Å²) in [6.07, 6.45) is -1.54. The van der Waals surface area contributed by atoms with Crippen molar-refractivity contribution in [3.63, 3.8) is 0 Å². The molecule has 0 aliphatic heterocycles. The highest BCUT2D eigenvalue weighted by Crippen LogP contribution is 2.29. The molecule has 1 amide bonds. The number of phenols is 1. The summed E-state index contributed by atoms with van der Waals surface area (Å²) in [6.45, 7) is 1.71. The molecule has 2 aromatic rings. The third-order valence-electron chi connectivity index (χ3n) is 3.67. The van der Waals surface area contributed by atoms with Crippen LogP contribution in [0, 0.1) is 17.0 Å². The number of nitrogens with one attached hydrogen (secondary N) is 2. The number of ether oxygens (including phenoxy) is 1. The number of phenolic OH excluding ortho intramolecular Hbond substituents is 1. The number of halogens is 2. The van der Waals surface area contributed by atoms with Crippen molar-refractivity contribution in [1.82, 2.24) is 5.32 Å². The van der Waals surface area contributed by atoms with Crippen LogP contribution in [0.15, 0.2) is 36.4 Å². The van der Waals surface area contributed by atoms with Crippen molar-refractivity contribution in [2.24, 2.45) is 5.73 Å². The van der Waals surface area contributed by atoms with E-state index in [-0.39, 0.29) is 19.0 Å². The summed E-state index contributed by atoms with van der Waals surface area (Å²) in [5, 5.41) is 19.3. The number of rotatable bonds is 7. The van der Waals surface area contributed by atoms with Gasteiger partial charge in [-0.15, -0.1) is 0 Å². The normalized spacial score (nSPS) is 11.8. The van der Waals surface area contributed by atoms with Crippen LogP contribution in [0.1, 0.15) is 29.7 Å². The van der Waals surface area contributed by atoms with E-state index in [1.165, 1.54) is 0 Å². The molecule has 8 heteroatoms. The predicted molar refractivity (Wildman–Crippen MR) is 91.7 cm³/mol. The van der Waals surface area contributed by atoms with Crippen LogP contribution in [0.5, 0.6) is 5.75 Å². The number of nitrogens with two attached hydrogens (primary N) is 1. The lowest BCUT2D eigenvalue weighted by Crippen LogP contribution is -2.31. The zero-order chi connectivity index (χ0) is 19.3. The van der Waals surface area contributed by atoms with E-state index < -0.39 is 35.0 Å². The first-order chi connectivity index (χ1) is 12.3. The Morgan fingerprint density at radius 1 is 1.27 bits per heavy atom. The minimum absolute atomic E-state index is 0.0416. The molecular formula is C18H19F2N3O3. The van der Waals surface area contributed by atoms with Gasteiger partial charge in [-0.3, -0.25) is 10.2 Å². The van der Waals surface area contributed by atoms with E-state index in [4.69, 9.17) is 15.9 Å². The van der Waals surface area contributed by atoms with Crippen LogP contribution < -0.4 is 11.1 Å². The molecule has 0 bridgehead atoms. The summed E-state index contributed by atoms with van der Waals surface area (Å²) in [4.78, 5) is 12.4. The largest absolute Gasteiger partial charge is 0.505 e. The van der Waals surface area contributed by atoms with Crippen LogP contribution in [0.3, 0.4) is 0 Å². The number of nitrogen functional groups attached to an aromatic ring is 1. The third-order valence-corrected chi connectivity index (χ3v) is 3.67. The van der Waals surface area contributed by atoms with Crippen molar-refractivity contribution in [2.75, 3.05) is 6.61 Å². The quantitative estimate of drug-likeness (QED) is 0.447. The van der Waals surface area contributed by atoms with Gasteiger partial charge in [-0.25, -0.2) is 8.78 Å². The van der Waals surface area contributed by atoms with Gasteiger partial charge in [0.1, 0.15) is 11.7 Å². The predicted octanol–water partition coefficient (Wildman–Crippen LogP) is 2.35. The first-order valence-electron chi connectivity index (χ1n) is 7.84. The molecular weight excluding hydrogens is 344 g/mol. The second kappa shape index (κ2) is 8.39. The zero-order valence-electron chi connectivity index (χ0n) is 14.1. The highest BCUT2D eigenvalue weighted by atomic mass is 19.1. The molecule has 0 fully saturated rings. The first kappa shape index (κ1) is 19.3. The number of carbonyl (C=O) groups excluding carboxylic acids is 1. The van der Waals surface area contributed by atoms with Gasteiger partial charge in [-0.2, -0.15) is 0 Å². The zero-order valence-corrected chi connectivity index (χ0v) is 14.1. The molecule has 0 aliphatic carbocycles. The summed E-state index contributed by atoms with van der Waals surface area (Å²) in [5.41, 5.74) is 5.97. The maximum absolute atomic E-state index is 14.1. The third kappa shape index (κ3) is 4.34. The second-order valence-electron chi connectivity index (χ2n) is 5.46. The standard InChI is InChI=1S/C18H19F2N3O3/c1-2-26-16(14-12(19)7-8-13(24)15(14)20)18(25)23-9-10-3-5-11(6-4-10)17(21)22/h3-8,16,24H,2,9H2,1H3,(H3,21,22)(H,23,25). The summed E-state index contributed by atoms with van der Waals surface area (Å²) in [5.74, 6) is -3.81. The van der Waals surface area contributed by atoms with Gasteiger partial charge in [-0.05, 0) is 24.6 Å². The van der Waals surface area contributed by atoms with E-state index in [1.54, 1.807) is 31.2 Å². The Morgan fingerprint density at radius 2 is 1.92 bits per heavy atom. The Balaban J connectivity index is 2.16. The van der Waals surface area contributed by atoms with Crippen LogP contribution in [0.2, 0.25) is 0 Å². The maximum atomic E-state index is 14.1. The van der Waals surface area contributed by atoms with Crippen LogP contribution >= 0.6 is 0 Å². The Morgan fingerprint density at radius 3 is 2.50 bits per heavy atom. The average molecular weight is 363 g/mol. The van der Waals surface area contributed by atoms with Crippen LogP contribution in [0.25, 0.3) is 0 Å². The molecule has 0 aromatic heterocycles. The molecule has 1 unspecified atom stereocenters. The fourth-order valence-electron chi connectivity index (χ4n) is 2.34. The van der Waals surface area contributed by atoms with Crippen molar-refractivity contribution in [1.29, 1.82) is 5.41 Å². The van der Waals surface area contributed by atoms with Crippen molar-refractivity contribution in [3.05, 3.63) is 64.7 Å². The smallest absolute Gasteiger partial charge is 0.254 e. The molecule has 0 radical (unpaired) electrons. The van der Waals surface area contributed by atoms with E-state index in [0.29, 0.717) is 11.1 Å². The van der Waals surface area contributed by atoms with Crippen molar-refractivity contribution < 1.29 is 23.4 Å². The van der Waals surface area contributed by atoms with Gasteiger partial charge in [0.15, 0.2) is 17.7 Å².